The number of amides is 1. The number of carbonyl (C=O) groups excluding carboxylic acids is 1. The summed E-state index contributed by atoms with van der Waals surface area (Å²) in [4.78, 5) is 12.2. The van der Waals surface area contributed by atoms with E-state index in [1.165, 1.54) is 25.7 Å². The summed E-state index contributed by atoms with van der Waals surface area (Å²) < 4.78 is 1.84. The first-order valence-corrected chi connectivity index (χ1v) is 8.02. The number of nitrogens with zero attached hydrogens (tertiary/aromatic N) is 2. The van der Waals surface area contributed by atoms with Crippen LogP contribution >= 0.6 is 11.8 Å². The van der Waals surface area contributed by atoms with Gasteiger partial charge in [-0.3, -0.25) is 4.79 Å². The van der Waals surface area contributed by atoms with Crippen LogP contribution in [0, 0.1) is 0 Å². The predicted octanol–water partition coefficient (Wildman–Crippen LogP) is 3.47. The van der Waals surface area contributed by atoms with Gasteiger partial charge in [-0.05, 0) is 33.6 Å². The van der Waals surface area contributed by atoms with Crippen molar-refractivity contribution in [1.29, 1.82) is 0 Å². The monoisotopic (exact) mass is 281 g/mol. The molecule has 0 radical (unpaired) electrons. The zero-order valence-corrected chi connectivity index (χ0v) is 12.7. The summed E-state index contributed by atoms with van der Waals surface area (Å²) in [5, 5.41) is 7.87. The maximum absolute atomic E-state index is 12.2. The lowest BCUT2D eigenvalue weighted by atomic mass is 10.4. The summed E-state index contributed by atoms with van der Waals surface area (Å²) in [5.41, 5.74) is 0. The number of aromatic nitrogens is 2. The van der Waals surface area contributed by atoms with Crippen molar-refractivity contribution < 1.29 is 4.79 Å². The minimum atomic E-state index is -0.00128. The number of hydrogen-bond acceptors (Lipinski definition) is 3. The molecule has 1 amide bonds. The average molecular weight is 281 g/mol. The highest BCUT2D eigenvalue weighted by Gasteiger charge is 2.23. The van der Waals surface area contributed by atoms with Crippen LogP contribution in [0.4, 0.5) is 5.82 Å². The maximum atomic E-state index is 12.2. The Hall–Kier alpha value is -0.970. The molecule has 19 heavy (non-hydrogen) atoms. The van der Waals surface area contributed by atoms with Gasteiger partial charge in [-0.25, -0.2) is 4.68 Å². The molecular formula is C14H23N3OS. The average Bonchev–Trinajstić information content (AvgIpc) is 2.99. The molecule has 1 saturated carbocycles. The van der Waals surface area contributed by atoms with E-state index < -0.39 is 0 Å². The molecule has 1 atom stereocenters. The summed E-state index contributed by atoms with van der Waals surface area (Å²) in [6.45, 7) is 6.10. The van der Waals surface area contributed by atoms with Crippen LogP contribution in [0.5, 0.6) is 0 Å². The molecule has 1 fully saturated rings. The Morgan fingerprint density at radius 2 is 2.11 bits per heavy atom. The molecule has 5 heteroatoms. The molecule has 0 aromatic carbocycles. The highest BCUT2D eigenvalue weighted by molar-refractivity contribution is 8.01. The second-order valence-corrected chi connectivity index (χ2v) is 7.07. The lowest BCUT2D eigenvalue weighted by Crippen LogP contribution is -2.26. The van der Waals surface area contributed by atoms with Gasteiger partial charge in [0.05, 0.1) is 11.4 Å². The van der Waals surface area contributed by atoms with E-state index in [1.54, 1.807) is 6.20 Å². The molecule has 1 N–H and O–H groups in total. The summed E-state index contributed by atoms with van der Waals surface area (Å²) in [6.07, 6.45) is 6.86. The van der Waals surface area contributed by atoms with Crippen molar-refractivity contribution in [3.63, 3.8) is 0 Å². The van der Waals surface area contributed by atoms with Crippen LogP contribution in [-0.2, 0) is 4.79 Å². The summed E-state index contributed by atoms with van der Waals surface area (Å²) in [5.74, 6) is 0.873. The van der Waals surface area contributed by atoms with E-state index in [4.69, 9.17) is 0 Å². The molecule has 1 aromatic heterocycles. The van der Waals surface area contributed by atoms with E-state index >= 15 is 0 Å². The van der Waals surface area contributed by atoms with E-state index in [0.29, 0.717) is 5.25 Å². The summed E-state index contributed by atoms with van der Waals surface area (Å²) in [6, 6.07) is 2.10. The summed E-state index contributed by atoms with van der Waals surface area (Å²) in [7, 11) is 0. The molecule has 1 aliphatic rings. The van der Waals surface area contributed by atoms with Crippen LogP contribution < -0.4 is 5.32 Å². The Labute approximate surface area is 119 Å². The van der Waals surface area contributed by atoms with E-state index in [1.807, 2.05) is 29.4 Å². The highest BCUT2D eigenvalue weighted by atomic mass is 32.2. The standard InChI is InChI=1S/C14H23N3OS/c1-10(2)17-13(8-9-15-17)16-14(18)11(3)19-12-6-4-5-7-12/h8-12H,4-7H2,1-3H3,(H,16,18)/t11-/m0/s1. The molecule has 4 nitrogen and oxygen atoms in total. The third-order valence-corrected chi connectivity index (χ3v) is 4.96. The van der Waals surface area contributed by atoms with Gasteiger partial charge in [0, 0.05) is 17.4 Å². The number of hydrogen-bond donors (Lipinski definition) is 1. The third-order valence-electron chi connectivity index (χ3n) is 3.48. The van der Waals surface area contributed by atoms with Gasteiger partial charge in [0.1, 0.15) is 5.82 Å². The number of rotatable bonds is 5. The summed E-state index contributed by atoms with van der Waals surface area (Å²) >= 11 is 1.81. The molecule has 2 rings (SSSR count). The molecule has 106 valence electrons. The second-order valence-electron chi connectivity index (χ2n) is 5.43. The molecule has 0 bridgehead atoms. The van der Waals surface area contributed by atoms with Gasteiger partial charge in [0.25, 0.3) is 0 Å². The Morgan fingerprint density at radius 1 is 1.42 bits per heavy atom. The molecule has 0 aliphatic heterocycles. The predicted molar refractivity (Wildman–Crippen MR) is 80.6 cm³/mol. The fraction of sp³-hybridized carbons (Fsp3) is 0.714. The number of thioether (sulfide) groups is 1. The van der Waals surface area contributed by atoms with Crippen LogP contribution in [0.2, 0.25) is 0 Å². The Kier molecular flexibility index (Phi) is 4.91. The Morgan fingerprint density at radius 3 is 2.74 bits per heavy atom. The zero-order chi connectivity index (χ0) is 13.8. The molecule has 1 aromatic rings. The normalized spacial score (nSPS) is 17.9. The first-order valence-electron chi connectivity index (χ1n) is 7.07. The number of carbonyl (C=O) groups is 1. The van der Waals surface area contributed by atoms with E-state index in [2.05, 4.69) is 24.3 Å². The van der Waals surface area contributed by atoms with E-state index in [0.717, 1.165) is 5.82 Å². The lowest BCUT2D eigenvalue weighted by Gasteiger charge is -2.17. The quantitative estimate of drug-likeness (QED) is 0.899. The van der Waals surface area contributed by atoms with Crippen molar-refractivity contribution in [3.8, 4) is 0 Å². The first-order chi connectivity index (χ1) is 9.08. The topological polar surface area (TPSA) is 46.9 Å². The largest absolute Gasteiger partial charge is 0.310 e. The van der Waals surface area contributed by atoms with Crippen LogP contribution in [0.3, 0.4) is 0 Å². The van der Waals surface area contributed by atoms with Gasteiger partial charge in [-0.15, -0.1) is 11.8 Å². The second kappa shape index (κ2) is 6.46. The van der Waals surface area contributed by atoms with Crippen molar-refractivity contribution in [3.05, 3.63) is 12.3 Å². The number of nitrogens with one attached hydrogen (secondary N) is 1. The molecule has 1 heterocycles. The Balaban J connectivity index is 1.90. The SMILES string of the molecule is CC(C)n1nccc1NC(=O)[C@H](C)SC1CCCC1. The van der Waals surface area contributed by atoms with Gasteiger partial charge in [-0.1, -0.05) is 12.8 Å². The highest BCUT2D eigenvalue weighted by Crippen LogP contribution is 2.32. The molecule has 1 aliphatic carbocycles. The fourth-order valence-corrected chi connectivity index (χ4v) is 3.79. The minimum Gasteiger partial charge on any atom is -0.310 e. The van der Waals surface area contributed by atoms with Crippen molar-refractivity contribution in [2.24, 2.45) is 0 Å². The van der Waals surface area contributed by atoms with Crippen LogP contribution in [0.1, 0.15) is 52.5 Å². The van der Waals surface area contributed by atoms with Crippen molar-refractivity contribution in [2.75, 3.05) is 5.32 Å². The van der Waals surface area contributed by atoms with Crippen molar-refractivity contribution in [2.45, 2.75) is 63.0 Å². The van der Waals surface area contributed by atoms with Gasteiger partial charge in [0.2, 0.25) is 5.91 Å². The van der Waals surface area contributed by atoms with Crippen molar-refractivity contribution >= 4 is 23.5 Å². The Bertz CT molecular complexity index is 424. The molecule has 0 saturated heterocycles. The van der Waals surface area contributed by atoms with E-state index in [9.17, 15) is 4.79 Å². The molecule has 0 unspecified atom stereocenters. The molecule has 0 spiro atoms. The smallest absolute Gasteiger partial charge is 0.238 e. The van der Waals surface area contributed by atoms with Crippen LogP contribution in [-0.4, -0.2) is 26.2 Å². The van der Waals surface area contributed by atoms with Crippen LogP contribution in [0.25, 0.3) is 0 Å². The van der Waals surface area contributed by atoms with Gasteiger partial charge < -0.3 is 5.32 Å². The third kappa shape index (κ3) is 3.75. The van der Waals surface area contributed by atoms with E-state index in [-0.39, 0.29) is 17.2 Å². The lowest BCUT2D eigenvalue weighted by molar-refractivity contribution is -0.115. The number of anilines is 1. The first kappa shape index (κ1) is 14.4. The zero-order valence-electron chi connectivity index (χ0n) is 11.9. The van der Waals surface area contributed by atoms with Gasteiger partial charge in [0.15, 0.2) is 0 Å². The van der Waals surface area contributed by atoms with Crippen LogP contribution in [0.15, 0.2) is 12.3 Å². The fourth-order valence-electron chi connectivity index (χ4n) is 2.43. The maximum Gasteiger partial charge on any atom is 0.238 e. The van der Waals surface area contributed by atoms with Crippen molar-refractivity contribution in [1.82, 2.24) is 9.78 Å². The van der Waals surface area contributed by atoms with Gasteiger partial charge in [-0.2, -0.15) is 5.10 Å². The van der Waals surface area contributed by atoms with Gasteiger partial charge >= 0.3 is 0 Å². The molecular weight excluding hydrogens is 258 g/mol. The minimum absolute atomic E-state index is 0.00128.